The highest BCUT2D eigenvalue weighted by Crippen LogP contribution is 2.19. The molecular weight excluding hydrogens is 340 g/mol. The summed E-state index contributed by atoms with van der Waals surface area (Å²) in [6.45, 7) is 0.557. The summed E-state index contributed by atoms with van der Waals surface area (Å²) in [5.41, 5.74) is 7.92. The molecule has 0 atom stereocenters. The van der Waals surface area contributed by atoms with Crippen LogP contribution in [0.15, 0.2) is 46.9 Å². The molecule has 0 unspecified atom stereocenters. The summed E-state index contributed by atoms with van der Waals surface area (Å²) >= 11 is 9.17. The van der Waals surface area contributed by atoms with Crippen molar-refractivity contribution < 1.29 is 4.79 Å². The predicted molar refractivity (Wildman–Crippen MR) is 86.0 cm³/mol. The first kappa shape index (κ1) is 14.9. The van der Waals surface area contributed by atoms with Crippen LogP contribution < -0.4 is 11.1 Å². The number of halogens is 2. The van der Waals surface area contributed by atoms with Gasteiger partial charge in [-0.05, 0) is 58.2 Å². The molecule has 0 aliphatic carbocycles. The van der Waals surface area contributed by atoms with E-state index >= 15 is 0 Å². The highest BCUT2D eigenvalue weighted by Gasteiger charge is 2.09. The molecule has 0 heterocycles. The summed E-state index contributed by atoms with van der Waals surface area (Å²) < 4.78 is 0.732. The molecule has 3 N–H and O–H groups in total. The van der Waals surface area contributed by atoms with E-state index in [-0.39, 0.29) is 5.91 Å². The van der Waals surface area contributed by atoms with Gasteiger partial charge in [-0.3, -0.25) is 4.79 Å². The van der Waals surface area contributed by atoms with Crippen molar-refractivity contribution in [2.24, 2.45) is 0 Å². The summed E-state index contributed by atoms with van der Waals surface area (Å²) in [7, 11) is 0. The largest absolute Gasteiger partial charge is 0.399 e. The molecule has 0 saturated carbocycles. The van der Waals surface area contributed by atoms with Crippen molar-refractivity contribution in [2.45, 2.75) is 6.42 Å². The maximum Gasteiger partial charge on any atom is 0.252 e. The van der Waals surface area contributed by atoms with Crippen LogP contribution in [0.1, 0.15) is 15.9 Å². The van der Waals surface area contributed by atoms with Crippen LogP contribution in [0.4, 0.5) is 5.69 Å². The van der Waals surface area contributed by atoms with Gasteiger partial charge in [0.2, 0.25) is 0 Å². The minimum Gasteiger partial charge on any atom is -0.399 e. The van der Waals surface area contributed by atoms with Crippen LogP contribution in [-0.4, -0.2) is 12.5 Å². The summed E-state index contributed by atoms with van der Waals surface area (Å²) in [6, 6.07) is 12.7. The van der Waals surface area contributed by atoms with Crippen LogP contribution >= 0.6 is 27.5 Å². The van der Waals surface area contributed by atoms with E-state index in [9.17, 15) is 4.79 Å². The Kier molecular flexibility index (Phi) is 5.04. The minimum atomic E-state index is -0.141. The van der Waals surface area contributed by atoms with Gasteiger partial charge in [0.25, 0.3) is 5.91 Å². The quantitative estimate of drug-likeness (QED) is 0.824. The maximum atomic E-state index is 12.0. The fourth-order valence-corrected chi connectivity index (χ4v) is 2.34. The second kappa shape index (κ2) is 6.77. The molecule has 0 aromatic heterocycles. The zero-order valence-electron chi connectivity index (χ0n) is 10.7. The smallest absolute Gasteiger partial charge is 0.252 e. The number of nitrogens with one attached hydrogen (secondary N) is 1. The van der Waals surface area contributed by atoms with Crippen molar-refractivity contribution in [3.63, 3.8) is 0 Å². The number of hydrogen-bond acceptors (Lipinski definition) is 2. The molecular formula is C15H14BrClN2O. The summed E-state index contributed by atoms with van der Waals surface area (Å²) in [4.78, 5) is 12.0. The van der Waals surface area contributed by atoms with Crippen molar-refractivity contribution in [2.75, 3.05) is 12.3 Å². The Morgan fingerprint density at radius 2 is 1.90 bits per heavy atom. The number of amides is 1. The molecule has 1 amide bonds. The van der Waals surface area contributed by atoms with E-state index in [0.29, 0.717) is 22.8 Å². The Balaban J connectivity index is 1.92. The topological polar surface area (TPSA) is 55.1 Å². The van der Waals surface area contributed by atoms with E-state index in [1.54, 1.807) is 18.2 Å². The number of nitrogens with two attached hydrogens (primary N) is 1. The van der Waals surface area contributed by atoms with Gasteiger partial charge in [0.1, 0.15) is 0 Å². The summed E-state index contributed by atoms with van der Waals surface area (Å²) in [6.07, 6.45) is 0.753. The summed E-state index contributed by atoms with van der Waals surface area (Å²) in [5, 5.41) is 3.58. The van der Waals surface area contributed by atoms with Crippen LogP contribution in [0.2, 0.25) is 5.02 Å². The molecule has 0 radical (unpaired) electrons. The van der Waals surface area contributed by atoms with E-state index in [4.69, 9.17) is 17.3 Å². The molecule has 2 aromatic carbocycles. The van der Waals surface area contributed by atoms with Crippen molar-refractivity contribution in [3.8, 4) is 0 Å². The number of carbonyl (C=O) groups is 1. The monoisotopic (exact) mass is 352 g/mol. The van der Waals surface area contributed by atoms with Gasteiger partial charge in [0.15, 0.2) is 0 Å². The third-order valence-corrected chi connectivity index (χ3v) is 3.79. The van der Waals surface area contributed by atoms with E-state index in [1.807, 2.05) is 24.3 Å². The van der Waals surface area contributed by atoms with E-state index < -0.39 is 0 Å². The fraction of sp³-hybridized carbons (Fsp3) is 0.133. The zero-order valence-corrected chi connectivity index (χ0v) is 13.0. The molecule has 0 fully saturated rings. The van der Waals surface area contributed by atoms with Gasteiger partial charge in [-0.25, -0.2) is 0 Å². The maximum absolute atomic E-state index is 12.0. The number of hydrogen-bond donors (Lipinski definition) is 2. The summed E-state index contributed by atoms with van der Waals surface area (Å²) in [5.74, 6) is -0.141. The zero-order chi connectivity index (χ0) is 14.5. The van der Waals surface area contributed by atoms with Gasteiger partial charge in [-0.1, -0.05) is 23.7 Å². The standard InChI is InChI=1S/C15H14BrClN2O/c16-14-6-5-12(18)9-13(14)15(20)19-8-7-10-1-3-11(17)4-2-10/h1-6,9H,7-8,18H2,(H,19,20). The molecule has 20 heavy (non-hydrogen) atoms. The van der Waals surface area contributed by atoms with Crippen LogP contribution in [-0.2, 0) is 6.42 Å². The Bertz CT molecular complexity index is 614. The normalized spacial score (nSPS) is 10.3. The van der Waals surface area contributed by atoms with Crippen molar-refractivity contribution in [1.29, 1.82) is 0 Å². The van der Waals surface area contributed by atoms with Crippen molar-refractivity contribution >= 4 is 39.1 Å². The molecule has 104 valence electrons. The van der Waals surface area contributed by atoms with Crippen LogP contribution in [0.5, 0.6) is 0 Å². The van der Waals surface area contributed by atoms with Crippen molar-refractivity contribution in [3.05, 3.63) is 63.1 Å². The molecule has 2 rings (SSSR count). The van der Waals surface area contributed by atoms with Gasteiger partial charge in [-0.15, -0.1) is 0 Å². The molecule has 0 saturated heterocycles. The molecule has 0 aliphatic rings. The molecule has 5 heteroatoms. The Hall–Kier alpha value is -1.52. The van der Waals surface area contributed by atoms with Gasteiger partial charge < -0.3 is 11.1 Å². The Morgan fingerprint density at radius 1 is 1.20 bits per heavy atom. The second-order valence-corrected chi connectivity index (χ2v) is 5.66. The third kappa shape index (κ3) is 3.99. The molecule has 2 aromatic rings. The first-order valence-corrected chi connectivity index (χ1v) is 7.31. The Morgan fingerprint density at radius 3 is 2.60 bits per heavy atom. The van der Waals surface area contributed by atoms with Gasteiger partial charge >= 0.3 is 0 Å². The fourth-order valence-electron chi connectivity index (χ4n) is 1.78. The van der Waals surface area contributed by atoms with Gasteiger partial charge in [-0.2, -0.15) is 0 Å². The van der Waals surface area contributed by atoms with Crippen LogP contribution in [0.25, 0.3) is 0 Å². The predicted octanol–water partition coefficient (Wildman–Crippen LogP) is 3.66. The third-order valence-electron chi connectivity index (χ3n) is 2.85. The molecule has 0 bridgehead atoms. The number of rotatable bonds is 4. The average molecular weight is 354 g/mol. The highest BCUT2D eigenvalue weighted by atomic mass is 79.9. The second-order valence-electron chi connectivity index (χ2n) is 4.37. The SMILES string of the molecule is Nc1ccc(Br)c(C(=O)NCCc2ccc(Cl)cc2)c1. The number of carbonyl (C=O) groups excluding carboxylic acids is 1. The molecule has 3 nitrogen and oxygen atoms in total. The van der Waals surface area contributed by atoms with Crippen molar-refractivity contribution in [1.82, 2.24) is 5.32 Å². The molecule has 0 aliphatic heterocycles. The lowest BCUT2D eigenvalue weighted by molar-refractivity contribution is 0.0953. The number of nitrogen functional groups attached to an aromatic ring is 1. The lowest BCUT2D eigenvalue weighted by Crippen LogP contribution is -2.26. The molecule has 0 spiro atoms. The van der Waals surface area contributed by atoms with E-state index in [1.165, 1.54) is 0 Å². The van der Waals surface area contributed by atoms with E-state index in [2.05, 4.69) is 21.2 Å². The first-order chi connectivity index (χ1) is 9.56. The lowest BCUT2D eigenvalue weighted by Gasteiger charge is -2.08. The number of anilines is 1. The van der Waals surface area contributed by atoms with E-state index in [0.717, 1.165) is 16.5 Å². The Labute approximate surface area is 131 Å². The number of benzene rings is 2. The van der Waals surface area contributed by atoms with Crippen LogP contribution in [0, 0.1) is 0 Å². The first-order valence-electron chi connectivity index (χ1n) is 6.14. The average Bonchev–Trinajstić information content (AvgIpc) is 2.43. The lowest BCUT2D eigenvalue weighted by atomic mass is 10.1. The van der Waals surface area contributed by atoms with Gasteiger partial charge in [0, 0.05) is 21.7 Å². The minimum absolute atomic E-state index is 0.141. The highest BCUT2D eigenvalue weighted by molar-refractivity contribution is 9.10. The van der Waals surface area contributed by atoms with Crippen LogP contribution in [0.3, 0.4) is 0 Å². The van der Waals surface area contributed by atoms with Gasteiger partial charge in [0.05, 0.1) is 5.56 Å².